The average molecular weight is 1080 g/mol. The summed E-state index contributed by atoms with van der Waals surface area (Å²) in [5.74, 6) is -14.3. The fraction of sp³-hybridized carbons (Fsp3) is 0.383. The van der Waals surface area contributed by atoms with E-state index in [-0.39, 0.29) is 30.9 Å². The number of carboxylic acid groups (broad SMARTS) is 3. The maximum Gasteiger partial charge on any atom is 0.417 e. The van der Waals surface area contributed by atoms with Gasteiger partial charge in [-0.15, -0.1) is 0 Å². The highest BCUT2D eigenvalue weighted by Crippen LogP contribution is 2.36. The highest BCUT2D eigenvalue weighted by molar-refractivity contribution is 9.10. The molecule has 24 heteroatoms. The van der Waals surface area contributed by atoms with Crippen LogP contribution in [0.3, 0.4) is 0 Å². The van der Waals surface area contributed by atoms with E-state index in [0.29, 0.717) is 16.5 Å². The Bertz CT molecular complexity index is 2780. The second kappa shape index (κ2) is 25.5. The third-order valence-electron chi connectivity index (χ3n) is 11.4. The molecule has 7 N–H and O–H groups in total. The number of aromatic amines is 1. The van der Waals surface area contributed by atoms with Crippen LogP contribution in [0.2, 0.25) is 0 Å². The van der Waals surface area contributed by atoms with E-state index < -0.39 is 171 Å². The second-order valence-electron chi connectivity index (χ2n) is 16.7. The molecule has 0 saturated carbocycles. The van der Waals surface area contributed by atoms with Gasteiger partial charge in [0.15, 0.2) is 17.3 Å². The van der Waals surface area contributed by atoms with Gasteiger partial charge in [-0.05, 0) is 73.7 Å². The highest BCUT2D eigenvalue weighted by atomic mass is 79.9. The zero-order valence-electron chi connectivity index (χ0n) is 37.7. The number of hydrogen-bond donors (Lipinski definition) is 7. The third kappa shape index (κ3) is 17.6. The number of rotatable bonds is 29. The van der Waals surface area contributed by atoms with Gasteiger partial charge in [-0.2, -0.15) is 13.2 Å². The molecule has 18 nitrogen and oxygen atoms in total. The molecule has 1 aromatic heterocycles. The molecular weight excluding hydrogens is 1030 g/mol. The minimum absolute atomic E-state index is 0.122. The van der Waals surface area contributed by atoms with E-state index >= 15 is 0 Å². The lowest BCUT2D eigenvalue weighted by molar-refractivity contribution is -0.140. The summed E-state index contributed by atoms with van der Waals surface area (Å²) in [4.78, 5) is 118. The van der Waals surface area contributed by atoms with Crippen LogP contribution in [0.1, 0.15) is 75.0 Å². The summed E-state index contributed by atoms with van der Waals surface area (Å²) >= 11 is 2.67. The van der Waals surface area contributed by atoms with Gasteiger partial charge in [0.1, 0.15) is 11.6 Å². The molecule has 0 unspecified atom stereocenters. The molecule has 4 aromatic rings. The van der Waals surface area contributed by atoms with Crippen molar-refractivity contribution in [3.8, 4) is 0 Å². The molecule has 0 bridgehead atoms. The molecule has 71 heavy (non-hydrogen) atoms. The van der Waals surface area contributed by atoms with Gasteiger partial charge >= 0.3 is 24.1 Å². The zero-order chi connectivity index (χ0) is 52.8. The van der Waals surface area contributed by atoms with Crippen molar-refractivity contribution >= 4 is 89.7 Å². The van der Waals surface area contributed by atoms with Gasteiger partial charge in [0.25, 0.3) is 0 Å². The minimum atomic E-state index is -5.05. The number of carboxylic acids is 3. The molecule has 5 atom stereocenters. The molecule has 1 heterocycles. The second-order valence-corrected chi connectivity index (χ2v) is 19.3. The van der Waals surface area contributed by atoms with Crippen LogP contribution in [0.5, 0.6) is 0 Å². The number of hydrogen-bond acceptors (Lipinski definition) is 11. The molecule has 0 spiro atoms. The summed E-state index contributed by atoms with van der Waals surface area (Å²) in [7, 11) is -5.05. The summed E-state index contributed by atoms with van der Waals surface area (Å²) in [6.45, 7) is 0.341. The SMILES string of the molecule is CC(=O)[C@H](CCC(=O)O)CC(=O)[C@H](Cc1c[nH]c2ccccc12)NC(=O)[C@@H](CC(=O)CNC(=O)[C@H](CCC(=O)O)CC(=O)[C@@H](CC(=O)O)NS(=O)(=O)c1ccc(Br)c(C(F)(F)F)c1)Cc1cccc(F)c1. The lowest BCUT2D eigenvalue weighted by atomic mass is 9.88. The van der Waals surface area contributed by atoms with E-state index in [2.05, 4.69) is 31.5 Å². The first kappa shape index (κ1) is 56.9. The monoisotopic (exact) mass is 1080 g/mol. The number of ketones is 4. The minimum Gasteiger partial charge on any atom is -0.481 e. The number of H-pyrrole nitrogens is 1. The smallest absolute Gasteiger partial charge is 0.417 e. The van der Waals surface area contributed by atoms with Crippen LogP contribution < -0.4 is 15.4 Å². The Kier molecular flexibility index (Phi) is 20.4. The molecule has 2 amide bonds. The maximum absolute atomic E-state index is 14.4. The number of aromatic nitrogens is 1. The number of aliphatic carboxylic acids is 3. The van der Waals surface area contributed by atoms with Gasteiger partial charge in [-0.1, -0.05) is 46.3 Å². The number of halogens is 5. The van der Waals surface area contributed by atoms with Crippen LogP contribution in [0, 0.1) is 23.6 Å². The molecule has 0 aliphatic heterocycles. The van der Waals surface area contributed by atoms with Crippen molar-refractivity contribution in [1.29, 1.82) is 0 Å². The van der Waals surface area contributed by atoms with Crippen LogP contribution in [0.4, 0.5) is 17.6 Å². The molecule has 0 saturated heterocycles. The summed E-state index contributed by atoms with van der Waals surface area (Å²) < 4.78 is 82.7. The van der Waals surface area contributed by atoms with Crippen LogP contribution in [0.15, 0.2) is 82.3 Å². The van der Waals surface area contributed by atoms with E-state index in [1.807, 2.05) is 0 Å². The largest absolute Gasteiger partial charge is 0.481 e. The quantitative estimate of drug-likeness (QED) is 0.0338. The lowest BCUT2D eigenvalue weighted by Crippen LogP contribution is -2.47. The van der Waals surface area contributed by atoms with E-state index in [0.717, 1.165) is 24.3 Å². The number of fused-ring (bicyclic) bond motifs is 1. The van der Waals surface area contributed by atoms with E-state index in [1.54, 1.807) is 35.2 Å². The number of amides is 2. The van der Waals surface area contributed by atoms with Gasteiger partial charge in [0.2, 0.25) is 21.8 Å². The highest BCUT2D eigenvalue weighted by Gasteiger charge is 2.37. The van der Waals surface area contributed by atoms with E-state index in [1.165, 1.54) is 19.1 Å². The van der Waals surface area contributed by atoms with Crippen molar-refractivity contribution in [3.05, 3.63) is 99.9 Å². The van der Waals surface area contributed by atoms with Crippen molar-refractivity contribution < 1.29 is 84.4 Å². The maximum atomic E-state index is 14.4. The van der Waals surface area contributed by atoms with E-state index in [9.17, 15) is 84.4 Å². The van der Waals surface area contributed by atoms with Gasteiger partial charge < -0.3 is 30.9 Å². The first-order valence-corrected chi connectivity index (χ1v) is 24.0. The number of sulfonamides is 1. The molecule has 0 fully saturated rings. The van der Waals surface area contributed by atoms with Gasteiger partial charge in [0.05, 0.1) is 35.5 Å². The van der Waals surface area contributed by atoms with Gasteiger partial charge in [0, 0.05) is 77.9 Å². The van der Waals surface area contributed by atoms with Crippen molar-refractivity contribution in [2.24, 2.45) is 17.8 Å². The van der Waals surface area contributed by atoms with Crippen LogP contribution in [0.25, 0.3) is 10.9 Å². The summed E-state index contributed by atoms with van der Waals surface area (Å²) in [6.07, 6.45) is -9.15. The van der Waals surface area contributed by atoms with Crippen molar-refractivity contribution in [2.75, 3.05) is 6.54 Å². The number of alkyl halides is 3. The Labute approximate surface area is 411 Å². The number of carbonyl (C=O) groups is 9. The number of carbonyl (C=O) groups excluding carboxylic acids is 6. The van der Waals surface area contributed by atoms with Crippen LogP contribution >= 0.6 is 15.9 Å². The molecule has 0 aliphatic rings. The molecule has 0 aliphatic carbocycles. The van der Waals surface area contributed by atoms with Crippen LogP contribution in [-0.2, 0) is 72.2 Å². The Balaban J connectivity index is 1.57. The Morgan fingerprint density at radius 1 is 0.718 bits per heavy atom. The number of para-hydroxylation sites is 1. The molecule has 4 rings (SSSR count). The Hall–Kier alpha value is -6.66. The van der Waals surface area contributed by atoms with Crippen LogP contribution in [-0.4, -0.2) is 100 Å². The van der Waals surface area contributed by atoms with E-state index in [4.69, 9.17) is 0 Å². The summed E-state index contributed by atoms with van der Waals surface area (Å²) in [5.41, 5.74) is 0.109. The topological polar surface area (TPSA) is 300 Å². The van der Waals surface area contributed by atoms with Crippen molar-refractivity contribution in [1.82, 2.24) is 20.3 Å². The first-order valence-electron chi connectivity index (χ1n) is 21.7. The first-order chi connectivity index (χ1) is 33.2. The molecule has 0 radical (unpaired) electrons. The standard InChI is InChI=1S/C47H49BrF4N4O14S/c1-25(57)27(9-13-42(61)62)19-40(59)38(18-30-23-53-37-8-3-2-7-34(30)37)55-46(68)29(15-26-5-4-6-31(49)16-26)17-32(58)24-54-45(67)28(10-14-43(63)64)20-41(60)39(22-44(65)66)56-71(69,70)33-11-12-36(48)35(21-33)47(50,51)52/h2-8,11-12,16,21,23,27-29,38-39,53,56H,9-10,13-15,17-20,22,24H2,1H3,(H,54,67)(H,55,68)(H,61,62)(H,63,64)(H,65,66)/t27-,28-,29-,38+,39-/m1/s1. The number of nitrogens with one attached hydrogen (secondary N) is 4. The summed E-state index contributed by atoms with van der Waals surface area (Å²) in [6, 6.07) is 10.3. The third-order valence-corrected chi connectivity index (χ3v) is 13.5. The zero-order valence-corrected chi connectivity index (χ0v) is 40.1. The predicted octanol–water partition coefficient (Wildman–Crippen LogP) is 5.34. The molecule has 382 valence electrons. The Morgan fingerprint density at radius 3 is 1.97 bits per heavy atom. The fourth-order valence-electron chi connectivity index (χ4n) is 7.62. The molecule has 3 aromatic carbocycles. The summed E-state index contributed by atoms with van der Waals surface area (Å²) in [5, 5.41) is 33.7. The number of benzene rings is 3. The van der Waals surface area contributed by atoms with Gasteiger partial charge in [-0.25, -0.2) is 17.5 Å². The fourth-order valence-corrected chi connectivity index (χ4v) is 9.34. The lowest BCUT2D eigenvalue weighted by Gasteiger charge is -2.24. The predicted molar refractivity (Wildman–Crippen MR) is 246 cm³/mol. The molecular formula is C47H49BrF4N4O14S. The normalized spacial score (nSPS) is 13.8. The van der Waals surface area contributed by atoms with Gasteiger partial charge in [-0.3, -0.25) is 43.2 Å². The van der Waals surface area contributed by atoms with Crippen molar-refractivity contribution in [2.45, 2.75) is 94.3 Å². The van der Waals surface area contributed by atoms with Crippen molar-refractivity contribution in [3.63, 3.8) is 0 Å². The number of Topliss-reactive ketones (excluding diaryl/α,β-unsaturated/α-hetero) is 4. The Morgan fingerprint density at radius 2 is 1.35 bits per heavy atom. The average Bonchev–Trinajstić information content (AvgIpc) is 3.69.